The van der Waals surface area contributed by atoms with Gasteiger partial charge in [-0.25, -0.2) is 0 Å². The van der Waals surface area contributed by atoms with Gasteiger partial charge in [-0.3, -0.25) is 9.59 Å². The number of hydrogen-bond acceptors (Lipinski definition) is 5. The highest BCUT2D eigenvalue weighted by molar-refractivity contribution is 5.80. The zero-order valence-corrected chi connectivity index (χ0v) is 12.6. The maximum absolute atomic E-state index is 11.9. The average molecular weight is 300 g/mol. The Balaban J connectivity index is 1.81. The van der Waals surface area contributed by atoms with Gasteiger partial charge < -0.3 is 15.4 Å². The highest BCUT2D eigenvalue weighted by Crippen LogP contribution is 2.30. The molecule has 0 amide bonds. The molecule has 3 rings (SSSR count). The highest BCUT2D eigenvalue weighted by atomic mass is 16.5. The van der Waals surface area contributed by atoms with E-state index in [1.54, 1.807) is 7.11 Å². The third-order valence-corrected chi connectivity index (χ3v) is 4.23. The van der Waals surface area contributed by atoms with Crippen molar-refractivity contribution in [2.45, 2.75) is 38.1 Å². The molecule has 1 saturated carbocycles. The van der Waals surface area contributed by atoms with Gasteiger partial charge in [-0.1, -0.05) is 31.4 Å². The third kappa shape index (κ3) is 2.71. The summed E-state index contributed by atoms with van der Waals surface area (Å²) in [5.74, 6) is 0.638. The Morgan fingerprint density at radius 2 is 1.68 bits per heavy atom. The molecule has 116 valence electrons. The van der Waals surface area contributed by atoms with Crippen LogP contribution in [0.3, 0.4) is 0 Å². The molecule has 2 aromatic carbocycles. The fourth-order valence-corrected chi connectivity index (χ4v) is 2.98. The summed E-state index contributed by atoms with van der Waals surface area (Å²) in [5, 5.41) is 6.29. The minimum Gasteiger partial charge on any atom is -0.495 e. The molecule has 0 unspecified atom stereocenters. The van der Waals surface area contributed by atoms with Gasteiger partial charge in [0.1, 0.15) is 17.1 Å². The molecule has 0 radical (unpaired) electrons. The predicted molar refractivity (Wildman–Crippen MR) is 88.1 cm³/mol. The molecule has 1 aliphatic carbocycles. The lowest BCUT2D eigenvalue weighted by Gasteiger charge is -2.25. The quantitative estimate of drug-likeness (QED) is 0.831. The summed E-state index contributed by atoms with van der Waals surface area (Å²) < 4.78 is 5.26. The molecular weight excluding hydrogens is 280 g/mol. The standard InChI is InChI=1S/C17H20N2O3/c1-22-13-10-6-5-9-12(13)19-15-14(16(20)17(15)21)18-11-7-3-2-4-8-11/h5-6,9-11,18-19H,2-4,7-8H2,1H3. The van der Waals surface area contributed by atoms with Gasteiger partial charge in [-0.2, -0.15) is 0 Å². The van der Waals surface area contributed by atoms with Crippen molar-refractivity contribution < 1.29 is 4.74 Å². The van der Waals surface area contributed by atoms with E-state index in [9.17, 15) is 9.59 Å². The lowest BCUT2D eigenvalue weighted by atomic mass is 9.95. The van der Waals surface area contributed by atoms with E-state index in [0.717, 1.165) is 12.8 Å². The van der Waals surface area contributed by atoms with E-state index in [2.05, 4.69) is 10.6 Å². The lowest BCUT2D eigenvalue weighted by Crippen LogP contribution is -2.39. The first kappa shape index (κ1) is 14.6. The van der Waals surface area contributed by atoms with E-state index >= 15 is 0 Å². The molecule has 1 fully saturated rings. The maximum atomic E-state index is 11.9. The number of benzene rings is 1. The fourth-order valence-electron chi connectivity index (χ4n) is 2.98. The van der Waals surface area contributed by atoms with Crippen molar-refractivity contribution >= 4 is 17.1 Å². The number of para-hydroxylation sites is 2. The first-order chi connectivity index (χ1) is 10.7. The number of rotatable bonds is 5. The highest BCUT2D eigenvalue weighted by Gasteiger charge is 2.24. The lowest BCUT2D eigenvalue weighted by molar-refractivity contribution is 0.417. The van der Waals surface area contributed by atoms with Crippen molar-refractivity contribution in [1.29, 1.82) is 0 Å². The normalized spacial score (nSPS) is 15.7. The summed E-state index contributed by atoms with van der Waals surface area (Å²) in [4.78, 5) is 23.7. The molecule has 5 nitrogen and oxygen atoms in total. The number of methoxy groups -OCH3 is 1. The van der Waals surface area contributed by atoms with E-state index < -0.39 is 10.9 Å². The van der Waals surface area contributed by atoms with Gasteiger partial charge in [0, 0.05) is 6.04 Å². The largest absolute Gasteiger partial charge is 0.495 e. The van der Waals surface area contributed by atoms with Crippen LogP contribution in [-0.4, -0.2) is 13.2 Å². The molecule has 22 heavy (non-hydrogen) atoms. The molecule has 2 N–H and O–H groups in total. The van der Waals surface area contributed by atoms with Crippen LogP contribution in [0, 0.1) is 0 Å². The second-order valence-corrected chi connectivity index (χ2v) is 5.71. The van der Waals surface area contributed by atoms with Crippen LogP contribution in [0.25, 0.3) is 0 Å². The molecule has 0 spiro atoms. The second kappa shape index (κ2) is 6.22. The van der Waals surface area contributed by atoms with Crippen LogP contribution in [-0.2, 0) is 0 Å². The van der Waals surface area contributed by atoms with Crippen molar-refractivity contribution in [2.75, 3.05) is 17.7 Å². The average Bonchev–Trinajstić information content (AvgIpc) is 2.58. The van der Waals surface area contributed by atoms with E-state index in [1.165, 1.54) is 19.3 Å². The Morgan fingerprint density at radius 3 is 2.41 bits per heavy atom. The summed E-state index contributed by atoms with van der Waals surface area (Å²) in [6, 6.07) is 7.62. The number of hydrogen-bond donors (Lipinski definition) is 2. The van der Waals surface area contributed by atoms with Gasteiger partial charge in [0.2, 0.25) is 0 Å². The maximum Gasteiger partial charge on any atom is 0.253 e. The minimum absolute atomic E-state index is 0.287. The summed E-state index contributed by atoms with van der Waals surface area (Å²) in [6.45, 7) is 0. The van der Waals surface area contributed by atoms with E-state index in [0.29, 0.717) is 22.8 Å². The molecule has 0 aromatic heterocycles. The van der Waals surface area contributed by atoms with Crippen LogP contribution in [0.4, 0.5) is 17.1 Å². The van der Waals surface area contributed by atoms with Crippen LogP contribution in [0.15, 0.2) is 33.9 Å². The van der Waals surface area contributed by atoms with Gasteiger partial charge in [0.05, 0.1) is 12.8 Å². The third-order valence-electron chi connectivity index (χ3n) is 4.23. The molecule has 1 aliphatic rings. The van der Waals surface area contributed by atoms with Crippen molar-refractivity contribution in [3.63, 3.8) is 0 Å². The van der Waals surface area contributed by atoms with Crippen molar-refractivity contribution in [1.82, 2.24) is 0 Å². The Morgan fingerprint density at radius 1 is 1.00 bits per heavy atom. The van der Waals surface area contributed by atoms with Gasteiger partial charge in [0.15, 0.2) is 0 Å². The SMILES string of the molecule is COc1ccccc1Nc1c(NC2CCCCC2)c(=O)c1=O. The van der Waals surface area contributed by atoms with Gasteiger partial charge >= 0.3 is 0 Å². The summed E-state index contributed by atoms with van der Waals surface area (Å²) in [5.41, 5.74) is 0.555. The topological polar surface area (TPSA) is 67.4 Å². The van der Waals surface area contributed by atoms with Gasteiger partial charge in [-0.15, -0.1) is 0 Å². The van der Waals surface area contributed by atoms with Crippen molar-refractivity contribution in [3.8, 4) is 5.75 Å². The van der Waals surface area contributed by atoms with Crippen LogP contribution >= 0.6 is 0 Å². The minimum atomic E-state index is -0.468. The number of anilines is 3. The fraction of sp³-hybridized carbons (Fsp3) is 0.412. The van der Waals surface area contributed by atoms with Crippen molar-refractivity contribution in [3.05, 3.63) is 44.7 Å². The zero-order valence-electron chi connectivity index (χ0n) is 12.6. The van der Waals surface area contributed by atoms with Crippen LogP contribution in [0.1, 0.15) is 32.1 Å². The number of nitrogens with one attached hydrogen (secondary N) is 2. The van der Waals surface area contributed by atoms with Crippen molar-refractivity contribution in [2.24, 2.45) is 0 Å². The first-order valence-corrected chi connectivity index (χ1v) is 7.70. The van der Waals surface area contributed by atoms with Gasteiger partial charge in [-0.05, 0) is 25.0 Å². The van der Waals surface area contributed by atoms with E-state index in [-0.39, 0.29) is 6.04 Å². The zero-order chi connectivity index (χ0) is 15.5. The van der Waals surface area contributed by atoms with Crippen LogP contribution in [0.2, 0.25) is 0 Å². The summed E-state index contributed by atoms with van der Waals surface area (Å²) >= 11 is 0. The molecule has 0 heterocycles. The molecule has 0 saturated heterocycles. The van der Waals surface area contributed by atoms with E-state index in [4.69, 9.17) is 4.74 Å². The molecule has 0 atom stereocenters. The van der Waals surface area contributed by atoms with E-state index in [1.807, 2.05) is 24.3 Å². The predicted octanol–water partition coefficient (Wildman–Crippen LogP) is 2.78. The van der Waals surface area contributed by atoms with Gasteiger partial charge in [0.25, 0.3) is 10.9 Å². The molecule has 5 heteroatoms. The molecular formula is C17H20N2O3. The first-order valence-electron chi connectivity index (χ1n) is 7.70. The Labute approximate surface area is 129 Å². The monoisotopic (exact) mass is 300 g/mol. The summed E-state index contributed by atoms with van der Waals surface area (Å²) in [7, 11) is 1.57. The molecule has 0 aliphatic heterocycles. The number of ether oxygens (including phenoxy) is 1. The Kier molecular flexibility index (Phi) is 4.13. The molecule has 2 aromatic rings. The Hall–Kier alpha value is -2.30. The van der Waals surface area contributed by atoms with Crippen LogP contribution in [0.5, 0.6) is 5.75 Å². The van der Waals surface area contributed by atoms with Crippen LogP contribution < -0.4 is 26.2 Å². The summed E-state index contributed by atoms with van der Waals surface area (Å²) in [6.07, 6.45) is 5.68. The smallest absolute Gasteiger partial charge is 0.253 e. The Bertz CT molecular complexity index is 726. The molecule has 0 bridgehead atoms. The second-order valence-electron chi connectivity index (χ2n) is 5.71.